The molecule has 0 amide bonds. The summed E-state index contributed by atoms with van der Waals surface area (Å²) in [5.41, 5.74) is 0.327. The SMILES string of the molecule is CCC1C(C(CCC(C)C)C(C)C)CCC2(C)CC(=O)CC12. The molecule has 0 spiro atoms. The van der Waals surface area contributed by atoms with Gasteiger partial charge in [-0.15, -0.1) is 0 Å². The molecule has 0 aromatic rings. The van der Waals surface area contributed by atoms with Crippen LogP contribution < -0.4 is 0 Å². The average Bonchev–Trinajstić information content (AvgIpc) is 2.72. The fourth-order valence-corrected chi connectivity index (χ4v) is 5.78. The van der Waals surface area contributed by atoms with Gasteiger partial charge < -0.3 is 0 Å². The summed E-state index contributed by atoms with van der Waals surface area (Å²) in [5.74, 6) is 5.28. The first-order valence-corrected chi connectivity index (χ1v) is 9.80. The quantitative estimate of drug-likeness (QED) is 0.578. The summed E-state index contributed by atoms with van der Waals surface area (Å²) in [6.45, 7) is 14.3. The van der Waals surface area contributed by atoms with Gasteiger partial charge in [-0.25, -0.2) is 0 Å². The van der Waals surface area contributed by atoms with Crippen molar-refractivity contribution in [1.82, 2.24) is 0 Å². The van der Waals surface area contributed by atoms with Crippen molar-refractivity contribution in [3.63, 3.8) is 0 Å². The van der Waals surface area contributed by atoms with Gasteiger partial charge in [-0.05, 0) is 60.2 Å². The van der Waals surface area contributed by atoms with Gasteiger partial charge >= 0.3 is 0 Å². The first-order valence-electron chi connectivity index (χ1n) is 9.80. The number of fused-ring (bicyclic) bond motifs is 1. The number of carbonyl (C=O) groups is 1. The maximum Gasteiger partial charge on any atom is 0.133 e. The molecular weight excluding hydrogens is 268 g/mol. The third-order valence-electron chi connectivity index (χ3n) is 7.01. The van der Waals surface area contributed by atoms with E-state index in [9.17, 15) is 4.79 Å². The van der Waals surface area contributed by atoms with Gasteiger partial charge in [0, 0.05) is 12.8 Å². The molecule has 2 aliphatic rings. The van der Waals surface area contributed by atoms with E-state index in [2.05, 4.69) is 41.5 Å². The van der Waals surface area contributed by atoms with Gasteiger partial charge in [0.1, 0.15) is 5.78 Å². The molecule has 2 aliphatic carbocycles. The summed E-state index contributed by atoms with van der Waals surface area (Å²) in [6, 6.07) is 0. The van der Waals surface area contributed by atoms with Gasteiger partial charge in [0.2, 0.25) is 0 Å². The maximum atomic E-state index is 12.1. The summed E-state index contributed by atoms with van der Waals surface area (Å²) in [5, 5.41) is 0. The van der Waals surface area contributed by atoms with Crippen molar-refractivity contribution >= 4 is 5.78 Å². The predicted octanol–water partition coefficient (Wildman–Crippen LogP) is 6.12. The molecule has 2 fully saturated rings. The third-order valence-corrected chi connectivity index (χ3v) is 7.01. The Hall–Kier alpha value is -0.330. The molecule has 128 valence electrons. The average molecular weight is 307 g/mol. The van der Waals surface area contributed by atoms with Gasteiger partial charge in [0.05, 0.1) is 0 Å². The van der Waals surface area contributed by atoms with E-state index in [4.69, 9.17) is 0 Å². The fourth-order valence-electron chi connectivity index (χ4n) is 5.78. The minimum atomic E-state index is 0.327. The Labute approximate surface area is 138 Å². The molecule has 0 saturated heterocycles. The molecule has 2 saturated carbocycles. The second-order valence-electron chi connectivity index (χ2n) is 9.33. The van der Waals surface area contributed by atoms with Gasteiger partial charge in [-0.2, -0.15) is 0 Å². The molecule has 0 aliphatic heterocycles. The Morgan fingerprint density at radius 3 is 2.41 bits per heavy atom. The number of hydrogen-bond acceptors (Lipinski definition) is 1. The number of carbonyl (C=O) groups excluding carboxylic acids is 1. The van der Waals surface area contributed by atoms with Crippen molar-refractivity contribution in [3.05, 3.63) is 0 Å². The van der Waals surface area contributed by atoms with Crippen molar-refractivity contribution < 1.29 is 4.79 Å². The van der Waals surface area contributed by atoms with E-state index in [0.717, 1.165) is 42.4 Å². The highest BCUT2D eigenvalue weighted by molar-refractivity contribution is 5.82. The van der Waals surface area contributed by atoms with Crippen molar-refractivity contribution in [2.75, 3.05) is 0 Å². The monoisotopic (exact) mass is 306 g/mol. The van der Waals surface area contributed by atoms with Crippen molar-refractivity contribution in [2.24, 2.45) is 40.9 Å². The summed E-state index contributed by atoms with van der Waals surface area (Å²) in [7, 11) is 0. The molecule has 0 aromatic carbocycles. The molecule has 5 atom stereocenters. The molecule has 0 aromatic heterocycles. The minimum absolute atomic E-state index is 0.327. The Bertz CT molecular complexity index is 383. The van der Waals surface area contributed by atoms with Crippen molar-refractivity contribution in [1.29, 1.82) is 0 Å². The summed E-state index contributed by atoms with van der Waals surface area (Å²) in [6.07, 6.45) is 8.39. The van der Waals surface area contributed by atoms with E-state index in [1.807, 2.05) is 0 Å². The smallest absolute Gasteiger partial charge is 0.133 e. The van der Waals surface area contributed by atoms with Crippen LogP contribution in [0, 0.1) is 40.9 Å². The molecule has 2 rings (SSSR count). The number of Topliss-reactive ketones (excluding diaryl/α,β-unsaturated/α-hetero) is 1. The van der Waals surface area contributed by atoms with Crippen LogP contribution in [-0.2, 0) is 4.79 Å². The van der Waals surface area contributed by atoms with Crippen LogP contribution in [0.25, 0.3) is 0 Å². The molecule has 1 heteroatoms. The Kier molecular flexibility index (Phi) is 5.78. The second-order valence-corrected chi connectivity index (χ2v) is 9.33. The van der Waals surface area contributed by atoms with Crippen LogP contribution in [0.5, 0.6) is 0 Å². The molecule has 0 bridgehead atoms. The standard InChI is InChI=1S/C21H38O/c1-7-17-19(18(15(4)5)9-8-14(2)3)10-11-21(6)13-16(22)12-20(17)21/h14-15,17-20H,7-13H2,1-6H3. The lowest BCUT2D eigenvalue weighted by Gasteiger charge is -2.49. The highest BCUT2D eigenvalue weighted by Gasteiger charge is 2.52. The molecular formula is C21H38O. The van der Waals surface area contributed by atoms with Crippen molar-refractivity contribution in [2.45, 2.75) is 86.5 Å². The van der Waals surface area contributed by atoms with Gasteiger partial charge in [0.25, 0.3) is 0 Å². The normalized spacial score (nSPS) is 36.9. The number of rotatable bonds is 6. The van der Waals surface area contributed by atoms with E-state index >= 15 is 0 Å². The summed E-state index contributed by atoms with van der Waals surface area (Å²) < 4.78 is 0. The zero-order valence-electron chi connectivity index (χ0n) is 15.8. The predicted molar refractivity (Wildman–Crippen MR) is 94.7 cm³/mol. The summed E-state index contributed by atoms with van der Waals surface area (Å²) in [4.78, 5) is 12.1. The van der Waals surface area contributed by atoms with E-state index in [-0.39, 0.29) is 0 Å². The van der Waals surface area contributed by atoms with Crippen LogP contribution in [-0.4, -0.2) is 5.78 Å². The Morgan fingerprint density at radius 2 is 1.86 bits per heavy atom. The third kappa shape index (κ3) is 3.60. The molecule has 0 radical (unpaired) electrons. The van der Waals surface area contributed by atoms with Crippen LogP contribution in [0.4, 0.5) is 0 Å². The van der Waals surface area contributed by atoms with E-state index < -0.39 is 0 Å². The highest BCUT2D eigenvalue weighted by Crippen LogP contribution is 2.58. The van der Waals surface area contributed by atoms with Crippen LogP contribution in [0.3, 0.4) is 0 Å². The molecule has 1 nitrogen and oxygen atoms in total. The zero-order valence-corrected chi connectivity index (χ0v) is 15.8. The van der Waals surface area contributed by atoms with Gasteiger partial charge in [-0.3, -0.25) is 4.79 Å². The van der Waals surface area contributed by atoms with Crippen molar-refractivity contribution in [3.8, 4) is 0 Å². The molecule has 22 heavy (non-hydrogen) atoms. The van der Waals surface area contributed by atoms with Crippen LogP contribution >= 0.6 is 0 Å². The lowest BCUT2D eigenvalue weighted by Crippen LogP contribution is -2.42. The topological polar surface area (TPSA) is 17.1 Å². The minimum Gasteiger partial charge on any atom is -0.300 e. The van der Waals surface area contributed by atoms with Gasteiger partial charge in [0.15, 0.2) is 0 Å². The maximum absolute atomic E-state index is 12.1. The van der Waals surface area contributed by atoms with E-state index in [1.165, 1.54) is 32.1 Å². The molecule has 5 unspecified atom stereocenters. The Morgan fingerprint density at radius 1 is 1.18 bits per heavy atom. The first-order chi connectivity index (χ1) is 10.3. The Balaban J connectivity index is 2.17. The lowest BCUT2D eigenvalue weighted by atomic mass is 9.55. The number of hydrogen-bond donors (Lipinski definition) is 0. The lowest BCUT2D eigenvalue weighted by molar-refractivity contribution is -0.118. The summed E-state index contributed by atoms with van der Waals surface area (Å²) >= 11 is 0. The van der Waals surface area contributed by atoms with Crippen LogP contribution in [0.1, 0.15) is 86.5 Å². The largest absolute Gasteiger partial charge is 0.300 e. The highest BCUT2D eigenvalue weighted by atomic mass is 16.1. The fraction of sp³-hybridized carbons (Fsp3) is 0.952. The van der Waals surface area contributed by atoms with E-state index in [1.54, 1.807) is 0 Å². The van der Waals surface area contributed by atoms with Gasteiger partial charge in [-0.1, -0.05) is 54.4 Å². The van der Waals surface area contributed by atoms with E-state index in [0.29, 0.717) is 17.1 Å². The first kappa shape index (κ1) is 18.0. The molecule has 0 heterocycles. The van der Waals surface area contributed by atoms with Crippen LogP contribution in [0.2, 0.25) is 0 Å². The second kappa shape index (κ2) is 7.05. The van der Waals surface area contributed by atoms with Crippen LogP contribution in [0.15, 0.2) is 0 Å². The zero-order chi connectivity index (χ0) is 16.5. The number of ketones is 1. The molecule has 0 N–H and O–H groups in total.